The largest absolute Gasteiger partial charge is 0.340 e. The number of likely N-dealkylation sites (tertiary alicyclic amines) is 1. The summed E-state index contributed by atoms with van der Waals surface area (Å²) >= 11 is 0. The van der Waals surface area contributed by atoms with Gasteiger partial charge in [-0.3, -0.25) is 14.8 Å². The van der Waals surface area contributed by atoms with E-state index in [0.717, 1.165) is 48.8 Å². The lowest BCUT2D eigenvalue weighted by Crippen LogP contribution is -2.50. The summed E-state index contributed by atoms with van der Waals surface area (Å²) in [6.45, 7) is 3.79. The Morgan fingerprint density at radius 3 is 2.89 bits per heavy atom. The first-order chi connectivity index (χ1) is 13.1. The van der Waals surface area contributed by atoms with Crippen LogP contribution in [-0.4, -0.2) is 48.2 Å². The van der Waals surface area contributed by atoms with Crippen molar-refractivity contribution in [2.45, 2.75) is 38.1 Å². The lowest BCUT2D eigenvalue weighted by atomic mass is 9.83. The SMILES string of the molecule is C/N=C/c1ccc([C@H]2C[C@@H](C)CN(C(=O)[C@@H](N)C3CC3)C2)c2cccnc12. The van der Waals surface area contributed by atoms with E-state index in [-0.39, 0.29) is 11.9 Å². The van der Waals surface area contributed by atoms with Crippen LogP contribution in [0.3, 0.4) is 0 Å². The molecule has 0 radical (unpaired) electrons. The molecule has 0 unspecified atom stereocenters. The Balaban J connectivity index is 1.66. The fourth-order valence-electron chi connectivity index (χ4n) is 4.44. The summed E-state index contributed by atoms with van der Waals surface area (Å²) in [7, 11) is 1.78. The number of hydrogen-bond acceptors (Lipinski definition) is 4. The van der Waals surface area contributed by atoms with Crippen molar-refractivity contribution in [2.24, 2.45) is 22.6 Å². The van der Waals surface area contributed by atoms with Crippen LogP contribution in [0.5, 0.6) is 0 Å². The predicted molar refractivity (Wildman–Crippen MR) is 109 cm³/mol. The maximum absolute atomic E-state index is 12.9. The third-order valence-corrected chi connectivity index (χ3v) is 5.93. The highest BCUT2D eigenvalue weighted by molar-refractivity contribution is 5.99. The Morgan fingerprint density at radius 2 is 2.15 bits per heavy atom. The molecule has 27 heavy (non-hydrogen) atoms. The molecule has 0 spiro atoms. The van der Waals surface area contributed by atoms with Gasteiger partial charge in [-0.2, -0.15) is 0 Å². The molecule has 2 N–H and O–H groups in total. The van der Waals surface area contributed by atoms with Crippen LogP contribution in [0.1, 0.15) is 43.2 Å². The lowest BCUT2D eigenvalue weighted by Gasteiger charge is -2.38. The Kier molecular flexibility index (Phi) is 4.96. The van der Waals surface area contributed by atoms with Gasteiger partial charge < -0.3 is 10.6 Å². The van der Waals surface area contributed by atoms with E-state index in [1.54, 1.807) is 7.05 Å². The molecule has 1 aromatic heterocycles. The highest BCUT2D eigenvalue weighted by Gasteiger charge is 2.38. The number of pyridine rings is 1. The number of carbonyl (C=O) groups is 1. The van der Waals surface area contributed by atoms with Gasteiger partial charge in [-0.1, -0.05) is 25.1 Å². The van der Waals surface area contributed by atoms with Gasteiger partial charge in [0.05, 0.1) is 11.6 Å². The molecule has 1 saturated carbocycles. The first-order valence-electron chi connectivity index (χ1n) is 9.92. The normalized spacial score (nSPS) is 24.5. The zero-order valence-corrected chi connectivity index (χ0v) is 16.1. The van der Waals surface area contributed by atoms with Gasteiger partial charge >= 0.3 is 0 Å². The van der Waals surface area contributed by atoms with Gasteiger partial charge in [0.25, 0.3) is 0 Å². The van der Waals surface area contributed by atoms with Crippen molar-refractivity contribution in [1.82, 2.24) is 9.88 Å². The third-order valence-electron chi connectivity index (χ3n) is 5.93. The molecular formula is C22H28N4O. The number of amides is 1. The number of hydrogen-bond donors (Lipinski definition) is 1. The van der Waals surface area contributed by atoms with E-state index in [4.69, 9.17) is 5.73 Å². The number of aromatic nitrogens is 1. The number of piperidine rings is 1. The molecule has 4 rings (SSSR count). The van der Waals surface area contributed by atoms with Crippen molar-refractivity contribution in [3.05, 3.63) is 41.6 Å². The van der Waals surface area contributed by atoms with Crippen LogP contribution in [0.15, 0.2) is 35.5 Å². The second-order valence-electron chi connectivity index (χ2n) is 8.18. The molecule has 1 amide bonds. The van der Waals surface area contributed by atoms with Crippen LogP contribution >= 0.6 is 0 Å². The highest BCUT2D eigenvalue weighted by Crippen LogP contribution is 2.37. The number of nitrogens with zero attached hydrogens (tertiary/aromatic N) is 3. The maximum Gasteiger partial charge on any atom is 0.239 e. The summed E-state index contributed by atoms with van der Waals surface area (Å²) in [5, 5.41) is 1.16. The minimum absolute atomic E-state index is 0.131. The molecule has 2 heterocycles. The molecule has 2 fully saturated rings. The second-order valence-corrected chi connectivity index (χ2v) is 8.18. The molecular weight excluding hydrogens is 336 g/mol. The molecule has 0 bridgehead atoms. The van der Waals surface area contributed by atoms with Gasteiger partial charge in [0, 0.05) is 49.4 Å². The number of benzene rings is 1. The van der Waals surface area contributed by atoms with Gasteiger partial charge in [0.2, 0.25) is 5.91 Å². The Labute approximate surface area is 160 Å². The topological polar surface area (TPSA) is 71.6 Å². The number of carbonyl (C=O) groups excluding carboxylic acids is 1. The fourth-order valence-corrected chi connectivity index (χ4v) is 4.44. The van der Waals surface area contributed by atoms with E-state index < -0.39 is 0 Å². The van der Waals surface area contributed by atoms with E-state index in [2.05, 4.69) is 35.1 Å². The first kappa shape index (κ1) is 18.1. The maximum atomic E-state index is 12.9. The molecule has 5 nitrogen and oxygen atoms in total. The molecule has 1 aliphatic carbocycles. The number of aliphatic imine (C=N–C) groups is 1. The molecule has 2 aliphatic rings. The molecule has 1 aromatic carbocycles. The third kappa shape index (κ3) is 3.61. The molecule has 1 aliphatic heterocycles. The first-order valence-corrected chi connectivity index (χ1v) is 9.92. The van der Waals surface area contributed by atoms with Crippen LogP contribution in [0.2, 0.25) is 0 Å². The minimum atomic E-state index is -0.322. The van der Waals surface area contributed by atoms with E-state index >= 15 is 0 Å². The van der Waals surface area contributed by atoms with Crippen molar-refractivity contribution in [3.8, 4) is 0 Å². The smallest absolute Gasteiger partial charge is 0.239 e. The summed E-state index contributed by atoms with van der Waals surface area (Å²) in [4.78, 5) is 23.6. The Hall–Kier alpha value is -2.27. The van der Waals surface area contributed by atoms with E-state index in [1.807, 2.05) is 23.4 Å². The summed E-state index contributed by atoms with van der Waals surface area (Å²) in [5.74, 6) is 1.29. The summed E-state index contributed by atoms with van der Waals surface area (Å²) < 4.78 is 0. The second kappa shape index (κ2) is 7.39. The van der Waals surface area contributed by atoms with Gasteiger partial charge in [-0.25, -0.2) is 0 Å². The molecule has 3 atom stereocenters. The minimum Gasteiger partial charge on any atom is -0.340 e. The van der Waals surface area contributed by atoms with Gasteiger partial charge in [-0.05, 0) is 42.7 Å². The van der Waals surface area contributed by atoms with Crippen molar-refractivity contribution in [3.63, 3.8) is 0 Å². The van der Waals surface area contributed by atoms with Gasteiger partial charge in [0.1, 0.15) is 0 Å². The average Bonchev–Trinajstić information content (AvgIpc) is 3.52. The predicted octanol–water partition coefficient (Wildman–Crippen LogP) is 2.97. The van der Waals surface area contributed by atoms with Gasteiger partial charge in [-0.15, -0.1) is 0 Å². The molecule has 2 aromatic rings. The van der Waals surface area contributed by atoms with E-state index in [9.17, 15) is 4.79 Å². The summed E-state index contributed by atoms with van der Waals surface area (Å²) in [6.07, 6.45) is 6.95. The quantitative estimate of drug-likeness (QED) is 0.848. The number of nitrogens with two attached hydrogens (primary N) is 1. The average molecular weight is 364 g/mol. The van der Waals surface area contributed by atoms with Crippen LogP contribution in [0.4, 0.5) is 0 Å². The van der Waals surface area contributed by atoms with Crippen LogP contribution in [0.25, 0.3) is 10.9 Å². The Bertz CT molecular complexity index is 874. The van der Waals surface area contributed by atoms with Crippen LogP contribution in [-0.2, 0) is 4.79 Å². The monoisotopic (exact) mass is 364 g/mol. The van der Waals surface area contributed by atoms with Crippen LogP contribution in [0, 0.1) is 11.8 Å². The molecule has 142 valence electrons. The summed E-state index contributed by atoms with van der Waals surface area (Å²) in [5.41, 5.74) is 9.49. The van der Waals surface area contributed by atoms with Crippen molar-refractivity contribution in [2.75, 3.05) is 20.1 Å². The van der Waals surface area contributed by atoms with Gasteiger partial charge in [0.15, 0.2) is 0 Å². The van der Waals surface area contributed by atoms with E-state index in [0.29, 0.717) is 17.8 Å². The van der Waals surface area contributed by atoms with E-state index in [1.165, 1.54) is 5.56 Å². The highest BCUT2D eigenvalue weighted by atomic mass is 16.2. The number of fused-ring (bicyclic) bond motifs is 1. The van der Waals surface area contributed by atoms with Crippen LogP contribution < -0.4 is 5.73 Å². The molecule has 1 saturated heterocycles. The number of rotatable bonds is 4. The van der Waals surface area contributed by atoms with Crippen molar-refractivity contribution >= 4 is 23.0 Å². The fraction of sp³-hybridized carbons (Fsp3) is 0.500. The zero-order valence-electron chi connectivity index (χ0n) is 16.1. The lowest BCUT2D eigenvalue weighted by molar-refractivity contribution is -0.135. The standard InChI is InChI=1S/C22H28N4O/c1-14-10-17(13-26(12-14)22(27)20(23)15-5-6-15)18-8-7-16(11-24-2)21-19(18)4-3-9-25-21/h3-4,7-9,11,14-15,17,20H,5-6,10,12-13,23H2,1-2H3/b24-11+/t14-,17+,20+/m1/s1. The summed E-state index contributed by atoms with van der Waals surface area (Å²) in [6, 6.07) is 8.08. The van der Waals surface area contributed by atoms with Crippen molar-refractivity contribution < 1.29 is 4.79 Å². The zero-order chi connectivity index (χ0) is 19.0. The Morgan fingerprint density at radius 1 is 1.33 bits per heavy atom. The molecule has 5 heteroatoms. The van der Waals surface area contributed by atoms with Crippen molar-refractivity contribution in [1.29, 1.82) is 0 Å².